The van der Waals surface area contributed by atoms with Crippen LogP contribution in [-0.2, 0) is 12.0 Å². The third kappa shape index (κ3) is 1.30. The van der Waals surface area contributed by atoms with Crippen molar-refractivity contribution in [2.45, 2.75) is 39.2 Å². The highest BCUT2D eigenvalue weighted by Gasteiger charge is 2.24. The summed E-state index contributed by atoms with van der Waals surface area (Å²) in [5.41, 5.74) is 2.25. The van der Waals surface area contributed by atoms with Crippen molar-refractivity contribution in [3.63, 3.8) is 0 Å². The van der Waals surface area contributed by atoms with Crippen LogP contribution in [0.15, 0.2) is 12.4 Å². The van der Waals surface area contributed by atoms with E-state index in [0.29, 0.717) is 12.2 Å². The molecule has 1 aliphatic carbocycles. The highest BCUT2D eigenvalue weighted by molar-refractivity contribution is 6.00. The molecule has 70 valence electrons. The van der Waals surface area contributed by atoms with Crippen LogP contribution >= 0.6 is 0 Å². The lowest BCUT2D eigenvalue weighted by molar-refractivity contribution is 0.0994. The molecule has 0 spiro atoms. The molecule has 0 fully saturated rings. The minimum absolute atomic E-state index is 0.0879. The lowest BCUT2D eigenvalue weighted by Gasteiger charge is -2.21. The number of fused-ring (bicyclic) bond motifs is 1. The van der Waals surface area contributed by atoms with Crippen molar-refractivity contribution in [1.29, 1.82) is 0 Å². The fourth-order valence-electron chi connectivity index (χ4n) is 1.72. The van der Waals surface area contributed by atoms with Crippen LogP contribution in [0.25, 0.3) is 0 Å². The smallest absolute Gasteiger partial charge is 0.165 e. The summed E-state index contributed by atoms with van der Waals surface area (Å²) in [4.78, 5) is 11.4. The quantitative estimate of drug-likeness (QED) is 0.596. The van der Waals surface area contributed by atoms with Crippen molar-refractivity contribution in [2.75, 3.05) is 0 Å². The van der Waals surface area contributed by atoms with Crippen LogP contribution in [0.4, 0.5) is 0 Å². The number of hydrogen-bond acceptors (Lipinski definition) is 1. The van der Waals surface area contributed by atoms with Crippen LogP contribution in [0, 0.1) is 0 Å². The van der Waals surface area contributed by atoms with Crippen molar-refractivity contribution in [1.82, 2.24) is 4.57 Å². The molecule has 1 aromatic heterocycles. The number of nitrogens with zero attached hydrogens (tertiary/aromatic N) is 1. The van der Waals surface area contributed by atoms with E-state index in [1.165, 1.54) is 5.56 Å². The first-order valence-corrected chi connectivity index (χ1v) is 4.73. The van der Waals surface area contributed by atoms with Gasteiger partial charge in [-0.3, -0.25) is 4.79 Å². The lowest BCUT2D eigenvalue weighted by atomic mass is 10.1. The van der Waals surface area contributed by atoms with Crippen LogP contribution in [-0.4, -0.2) is 10.4 Å². The fraction of sp³-hybridized carbons (Fsp3) is 0.545. The molecule has 2 rings (SSSR count). The number of carbonyl (C=O) groups excluding carboxylic acids is 1. The van der Waals surface area contributed by atoms with E-state index in [0.717, 1.165) is 12.0 Å². The molecular formula is C11H15NO. The van der Waals surface area contributed by atoms with Crippen LogP contribution in [0.1, 0.15) is 43.1 Å². The molecule has 1 aliphatic rings. The molecule has 0 aliphatic heterocycles. The van der Waals surface area contributed by atoms with Crippen LogP contribution in [0.5, 0.6) is 0 Å². The molecule has 0 radical (unpaired) electrons. The van der Waals surface area contributed by atoms with Gasteiger partial charge < -0.3 is 4.57 Å². The molecule has 2 heteroatoms. The van der Waals surface area contributed by atoms with Crippen LogP contribution in [0.2, 0.25) is 0 Å². The SMILES string of the molecule is CC(C)(C)n1cc2c(c1)C(=O)CC2. The van der Waals surface area contributed by atoms with E-state index in [1.807, 2.05) is 6.20 Å². The summed E-state index contributed by atoms with van der Waals surface area (Å²) < 4.78 is 2.13. The molecule has 1 heterocycles. The number of rotatable bonds is 0. The van der Waals surface area contributed by atoms with E-state index in [9.17, 15) is 4.79 Å². The van der Waals surface area contributed by atoms with Gasteiger partial charge in [-0.25, -0.2) is 0 Å². The first-order chi connectivity index (χ1) is 5.98. The minimum atomic E-state index is 0.0879. The number of carbonyl (C=O) groups is 1. The molecule has 1 aromatic rings. The van der Waals surface area contributed by atoms with E-state index < -0.39 is 0 Å². The summed E-state index contributed by atoms with van der Waals surface area (Å²) in [6, 6.07) is 0. The summed E-state index contributed by atoms with van der Waals surface area (Å²) in [5, 5.41) is 0. The topological polar surface area (TPSA) is 22.0 Å². The Bertz CT molecular complexity index is 355. The first-order valence-electron chi connectivity index (χ1n) is 4.73. The third-order valence-corrected chi connectivity index (χ3v) is 2.61. The summed E-state index contributed by atoms with van der Waals surface area (Å²) >= 11 is 0. The van der Waals surface area contributed by atoms with Crippen molar-refractivity contribution in [3.05, 3.63) is 23.5 Å². The van der Waals surface area contributed by atoms with Crippen molar-refractivity contribution in [2.24, 2.45) is 0 Å². The van der Waals surface area contributed by atoms with Gasteiger partial charge in [-0.1, -0.05) is 0 Å². The standard InChI is InChI=1S/C11H15NO/c1-11(2,3)12-6-8-4-5-10(13)9(8)7-12/h6-7H,4-5H2,1-3H3. The molecule has 0 bridgehead atoms. The Balaban J connectivity index is 2.45. The van der Waals surface area contributed by atoms with Gasteiger partial charge in [0.1, 0.15) is 0 Å². The van der Waals surface area contributed by atoms with Crippen LogP contribution < -0.4 is 0 Å². The molecule has 2 nitrogen and oxygen atoms in total. The zero-order chi connectivity index (χ0) is 9.64. The molecule has 0 amide bonds. The summed E-state index contributed by atoms with van der Waals surface area (Å²) in [5.74, 6) is 0.304. The number of aromatic nitrogens is 1. The highest BCUT2D eigenvalue weighted by atomic mass is 16.1. The molecule has 0 saturated heterocycles. The summed E-state index contributed by atoms with van der Waals surface area (Å²) in [6.07, 6.45) is 5.73. The Morgan fingerprint density at radius 2 is 1.92 bits per heavy atom. The predicted octanol–water partition coefficient (Wildman–Crippen LogP) is 2.37. The molecule has 0 N–H and O–H groups in total. The van der Waals surface area contributed by atoms with E-state index >= 15 is 0 Å². The van der Waals surface area contributed by atoms with Crippen LogP contribution in [0.3, 0.4) is 0 Å². The Kier molecular flexibility index (Phi) is 1.62. The van der Waals surface area contributed by atoms with Gasteiger partial charge >= 0.3 is 0 Å². The Labute approximate surface area is 78.6 Å². The maximum absolute atomic E-state index is 11.4. The molecule has 0 atom stereocenters. The number of hydrogen-bond donors (Lipinski definition) is 0. The van der Waals surface area contributed by atoms with Gasteiger partial charge in [0.25, 0.3) is 0 Å². The van der Waals surface area contributed by atoms with Crippen molar-refractivity contribution in [3.8, 4) is 0 Å². The van der Waals surface area contributed by atoms with Gasteiger partial charge in [-0.15, -0.1) is 0 Å². The van der Waals surface area contributed by atoms with Crippen molar-refractivity contribution >= 4 is 5.78 Å². The van der Waals surface area contributed by atoms with Gasteiger partial charge in [0.05, 0.1) is 0 Å². The molecular weight excluding hydrogens is 162 g/mol. The van der Waals surface area contributed by atoms with Crippen molar-refractivity contribution < 1.29 is 4.79 Å². The molecule has 0 unspecified atom stereocenters. The van der Waals surface area contributed by atoms with Gasteiger partial charge in [-0.2, -0.15) is 0 Å². The number of Topliss-reactive ketones (excluding diaryl/α,β-unsaturated/α-hetero) is 1. The average Bonchev–Trinajstić information content (AvgIpc) is 2.51. The number of aryl methyl sites for hydroxylation is 1. The molecule has 0 saturated carbocycles. The van der Waals surface area contributed by atoms with Gasteiger partial charge in [0.2, 0.25) is 0 Å². The fourth-order valence-corrected chi connectivity index (χ4v) is 1.72. The van der Waals surface area contributed by atoms with Gasteiger partial charge in [0, 0.05) is 29.9 Å². The predicted molar refractivity (Wildman–Crippen MR) is 52.1 cm³/mol. The second-order valence-electron chi connectivity index (χ2n) is 4.70. The zero-order valence-electron chi connectivity index (χ0n) is 8.42. The maximum atomic E-state index is 11.4. The third-order valence-electron chi connectivity index (χ3n) is 2.61. The highest BCUT2D eigenvalue weighted by Crippen LogP contribution is 2.26. The Morgan fingerprint density at radius 3 is 2.46 bits per heavy atom. The second kappa shape index (κ2) is 2.47. The molecule has 0 aromatic carbocycles. The van der Waals surface area contributed by atoms with E-state index in [2.05, 4.69) is 31.5 Å². The summed E-state index contributed by atoms with van der Waals surface area (Å²) in [6.45, 7) is 6.44. The monoisotopic (exact) mass is 177 g/mol. The van der Waals surface area contributed by atoms with E-state index in [4.69, 9.17) is 0 Å². The Hall–Kier alpha value is -1.05. The lowest BCUT2D eigenvalue weighted by Crippen LogP contribution is -2.20. The minimum Gasteiger partial charge on any atom is -0.348 e. The maximum Gasteiger partial charge on any atom is 0.165 e. The number of ketones is 1. The first kappa shape index (κ1) is 8.54. The zero-order valence-corrected chi connectivity index (χ0v) is 8.42. The second-order valence-corrected chi connectivity index (χ2v) is 4.70. The van der Waals surface area contributed by atoms with Gasteiger partial charge in [0.15, 0.2) is 5.78 Å². The largest absolute Gasteiger partial charge is 0.348 e. The average molecular weight is 177 g/mol. The summed E-state index contributed by atoms with van der Waals surface area (Å²) in [7, 11) is 0. The Morgan fingerprint density at radius 1 is 1.23 bits per heavy atom. The van der Waals surface area contributed by atoms with Gasteiger partial charge in [-0.05, 0) is 32.8 Å². The normalized spacial score (nSPS) is 16.4. The van der Waals surface area contributed by atoms with E-state index in [-0.39, 0.29) is 5.54 Å². The molecule has 13 heavy (non-hydrogen) atoms. The van der Waals surface area contributed by atoms with E-state index in [1.54, 1.807) is 0 Å².